The first-order valence-corrected chi connectivity index (χ1v) is 11.6. The van der Waals surface area contributed by atoms with Gasteiger partial charge in [-0.05, 0) is 43.9 Å². The fourth-order valence-electron chi connectivity index (χ4n) is 3.39. The van der Waals surface area contributed by atoms with E-state index in [1.54, 1.807) is 6.20 Å². The Hall–Kier alpha value is -3.09. The molecule has 1 aromatic carbocycles. The molecule has 0 aliphatic heterocycles. The van der Waals surface area contributed by atoms with Crippen molar-refractivity contribution in [3.8, 4) is 0 Å². The van der Waals surface area contributed by atoms with Gasteiger partial charge in [-0.15, -0.1) is 0 Å². The third-order valence-corrected chi connectivity index (χ3v) is 5.64. The number of aromatic amines is 1. The number of aliphatic carboxylic acids is 1. The number of benzene rings is 1. The van der Waals surface area contributed by atoms with Gasteiger partial charge in [-0.1, -0.05) is 18.2 Å². The molecule has 2 aromatic rings. The molecule has 0 saturated carbocycles. The van der Waals surface area contributed by atoms with Crippen molar-refractivity contribution in [1.82, 2.24) is 20.9 Å². The molecule has 12 heteroatoms. The van der Waals surface area contributed by atoms with Crippen LogP contribution in [-0.2, 0) is 25.6 Å². The van der Waals surface area contributed by atoms with Crippen LogP contribution in [0.4, 0.5) is 0 Å². The van der Waals surface area contributed by atoms with Gasteiger partial charge in [0.2, 0.25) is 17.7 Å². The molecule has 0 saturated heterocycles. The third kappa shape index (κ3) is 8.04. The molecule has 0 fully saturated rings. The minimum Gasteiger partial charge on any atom is -0.480 e. The van der Waals surface area contributed by atoms with Crippen LogP contribution in [0.3, 0.4) is 0 Å². The number of aromatic nitrogens is 1. The highest BCUT2D eigenvalue weighted by molar-refractivity contribution is 7.80. The number of amides is 3. The van der Waals surface area contributed by atoms with E-state index in [1.165, 1.54) is 0 Å². The molecule has 3 amide bonds. The number of carbonyl (C=O) groups excluding carboxylic acids is 3. The van der Waals surface area contributed by atoms with Crippen molar-refractivity contribution in [2.75, 3.05) is 18.8 Å². The number of unbranched alkanes of at least 4 members (excludes halogenated alkanes) is 1. The Morgan fingerprint density at radius 1 is 1.06 bits per heavy atom. The molecule has 1 aromatic heterocycles. The van der Waals surface area contributed by atoms with E-state index in [9.17, 15) is 24.3 Å². The predicted molar refractivity (Wildman–Crippen MR) is 131 cm³/mol. The highest BCUT2D eigenvalue weighted by atomic mass is 32.1. The van der Waals surface area contributed by atoms with Gasteiger partial charge in [-0.2, -0.15) is 12.6 Å². The first kappa shape index (κ1) is 27.2. The van der Waals surface area contributed by atoms with E-state index in [4.69, 9.17) is 11.5 Å². The molecule has 1 heterocycles. The van der Waals surface area contributed by atoms with Crippen LogP contribution in [-0.4, -0.2) is 70.7 Å². The van der Waals surface area contributed by atoms with Gasteiger partial charge in [0.05, 0.1) is 12.6 Å². The lowest BCUT2D eigenvalue weighted by molar-refractivity contribution is -0.142. The Balaban J connectivity index is 1.84. The highest BCUT2D eigenvalue weighted by Gasteiger charge is 2.25. The number of para-hydroxylation sites is 1. The highest BCUT2D eigenvalue weighted by Crippen LogP contribution is 2.18. The zero-order valence-electron chi connectivity index (χ0n) is 18.8. The van der Waals surface area contributed by atoms with Crippen LogP contribution in [0.25, 0.3) is 10.9 Å². The number of carboxylic acids is 1. The second-order valence-corrected chi connectivity index (χ2v) is 8.24. The lowest BCUT2D eigenvalue weighted by Gasteiger charge is -2.19. The summed E-state index contributed by atoms with van der Waals surface area (Å²) < 4.78 is 0. The first-order valence-electron chi connectivity index (χ1n) is 11.0. The summed E-state index contributed by atoms with van der Waals surface area (Å²) in [7, 11) is 0. The van der Waals surface area contributed by atoms with Gasteiger partial charge in [0.1, 0.15) is 12.1 Å². The summed E-state index contributed by atoms with van der Waals surface area (Å²) in [4.78, 5) is 51.5. The van der Waals surface area contributed by atoms with E-state index < -0.39 is 48.4 Å². The fourth-order valence-corrected chi connectivity index (χ4v) is 3.65. The van der Waals surface area contributed by atoms with Gasteiger partial charge >= 0.3 is 5.97 Å². The molecule has 2 rings (SSSR count). The van der Waals surface area contributed by atoms with Crippen LogP contribution < -0.4 is 27.4 Å². The maximum absolute atomic E-state index is 12.5. The van der Waals surface area contributed by atoms with Crippen LogP contribution in [0.2, 0.25) is 0 Å². The van der Waals surface area contributed by atoms with Crippen molar-refractivity contribution in [3.05, 3.63) is 36.0 Å². The molecule has 186 valence electrons. The average molecular weight is 493 g/mol. The molecule has 0 aliphatic rings. The number of nitrogens with one attached hydrogen (secondary N) is 4. The van der Waals surface area contributed by atoms with E-state index >= 15 is 0 Å². The fraction of sp³-hybridized carbons (Fsp3) is 0.455. The number of H-pyrrole nitrogens is 1. The van der Waals surface area contributed by atoms with E-state index in [0.29, 0.717) is 19.4 Å². The van der Waals surface area contributed by atoms with Crippen molar-refractivity contribution in [2.24, 2.45) is 11.5 Å². The van der Waals surface area contributed by atoms with Crippen molar-refractivity contribution in [2.45, 2.75) is 43.8 Å². The van der Waals surface area contributed by atoms with Crippen LogP contribution >= 0.6 is 12.6 Å². The largest absolute Gasteiger partial charge is 0.480 e. The molecular weight excluding hydrogens is 460 g/mol. The third-order valence-electron chi connectivity index (χ3n) is 5.27. The quantitative estimate of drug-likeness (QED) is 0.126. The maximum atomic E-state index is 12.5. The Kier molecular flexibility index (Phi) is 10.8. The summed E-state index contributed by atoms with van der Waals surface area (Å²) in [6.45, 7) is -0.0142. The topological polar surface area (TPSA) is 192 Å². The molecule has 9 N–H and O–H groups in total. The van der Waals surface area contributed by atoms with E-state index in [2.05, 4.69) is 33.6 Å². The SMILES string of the molecule is NCCCCC(NC(=O)CNC(=O)C(CS)NC(=O)C(N)Cc1c[nH]c2ccccc12)C(=O)O. The number of nitrogens with two attached hydrogens (primary N) is 2. The molecule has 3 unspecified atom stereocenters. The number of hydrogen-bond donors (Lipinski definition) is 8. The van der Waals surface area contributed by atoms with Crippen molar-refractivity contribution in [3.63, 3.8) is 0 Å². The number of rotatable bonds is 14. The van der Waals surface area contributed by atoms with Crippen molar-refractivity contribution in [1.29, 1.82) is 0 Å². The molecule has 34 heavy (non-hydrogen) atoms. The minimum atomic E-state index is -1.17. The lowest BCUT2D eigenvalue weighted by atomic mass is 10.0. The number of hydrogen-bond acceptors (Lipinski definition) is 7. The van der Waals surface area contributed by atoms with Gasteiger partial charge in [0, 0.05) is 22.9 Å². The number of carbonyl (C=O) groups is 4. The summed E-state index contributed by atoms with van der Waals surface area (Å²) in [6.07, 6.45) is 3.48. The summed E-state index contributed by atoms with van der Waals surface area (Å²) in [6, 6.07) is 4.64. The molecule has 3 atom stereocenters. The summed E-state index contributed by atoms with van der Waals surface area (Å²) >= 11 is 4.10. The predicted octanol–water partition coefficient (Wildman–Crippen LogP) is -0.733. The normalized spacial score (nSPS) is 13.6. The smallest absolute Gasteiger partial charge is 0.326 e. The molecule has 0 spiro atoms. The Labute approximate surface area is 202 Å². The maximum Gasteiger partial charge on any atom is 0.326 e. The zero-order chi connectivity index (χ0) is 25.1. The molecule has 0 radical (unpaired) electrons. The Morgan fingerprint density at radius 2 is 1.79 bits per heavy atom. The number of carboxylic acid groups (broad SMARTS) is 1. The molecule has 0 bridgehead atoms. The second-order valence-electron chi connectivity index (χ2n) is 7.87. The van der Waals surface area contributed by atoms with E-state index in [-0.39, 0.29) is 18.6 Å². The molecule has 11 nitrogen and oxygen atoms in total. The van der Waals surface area contributed by atoms with Crippen LogP contribution in [0, 0.1) is 0 Å². The van der Waals surface area contributed by atoms with Crippen LogP contribution in [0.15, 0.2) is 30.5 Å². The lowest BCUT2D eigenvalue weighted by Crippen LogP contribution is -2.54. The molecule has 0 aliphatic carbocycles. The molecular formula is C22H32N6O5S. The van der Waals surface area contributed by atoms with Gasteiger partial charge in [-0.3, -0.25) is 14.4 Å². The number of thiol groups is 1. The summed E-state index contributed by atoms with van der Waals surface area (Å²) in [5.41, 5.74) is 13.3. The number of fused-ring (bicyclic) bond motifs is 1. The van der Waals surface area contributed by atoms with Crippen LogP contribution in [0.1, 0.15) is 24.8 Å². The van der Waals surface area contributed by atoms with Gasteiger partial charge < -0.3 is 37.5 Å². The van der Waals surface area contributed by atoms with Crippen molar-refractivity contribution < 1.29 is 24.3 Å². The van der Waals surface area contributed by atoms with Crippen molar-refractivity contribution >= 4 is 47.2 Å². The summed E-state index contributed by atoms with van der Waals surface area (Å²) in [5, 5.41) is 17.5. The van der Waals surface area contributed by atoms with Crippen LogP contribution in [0.5, 0.6) is 0 Å². The monoisotopic (exact) mass is 492 g/mol. The average Bonchev–Trinajstić information content (AvgIpc) is 3.22. The minimum absolute atomic E-state index is 0.0180. The Bertz CT molecular complexity index is 997. The standard InChI is InChI=1S/C22H32N6O5S/c23-8-4-3-7-17(22(32)33)27-19(29)11-26-21(31)18(12-34)28-20(30)15(24)9-13-10-25-16-6-2-1-5-14(13)16/h1-2,5-6,10,15,17-18,25,34H,3-4,7-9,11-12,23-24H2,(H,26,31)(H,27,29)(H,28,30)(H,32,33). The zero-order valence-corrected chi connectivity index (χ0v) is 19.6. The summed E-state index contributed by atoms with van der Waals surface area (Å²) in [5.74, 6) is -3.01. The van der Waals surface area contributed by atoms with Gasteiger partial charge in [-0.25, -0.2) is 4.79 Å². The van der Waals surface area contributed by atoms with Gasteiger partial charge in [0.25, 0.3) is 0 Å². The Morgan fingerprint density at radius 3 is 2.47 bits per heavy atom. The van der Waals surface area contributed by atoms with E-state index in [0.717, 1.165) is 16.5 Å². The van der Waals surface area contributed by atoms with Gasteiger partial charge in [0.15, 0.2) is 0 Å². The second kappa shape index (κ2) is 13.6. The first-order chi connectivity index (χ1) is 16.3. The van der Waals surface area contributed by atoms with E-state index in [1.807, 2.05) is 24.3 Å².